The SMILES string of the molecule is CN(CC(CCN1CCC(Nc2nc3ccccc3n2Cc2ccccn2)CC1)c1ccc(Cl)c(Cl)c1)C(=O)c1ccc(C(C)(C)C)cc1. The van der Waals surface area contributed by atoms with E-state index in [-0.39, 0.29) is 17.2 Å². The molecular formula is C40H46Cl2N6O. The van der Waals surface area contributed by atoms with E-state index >= 15 is 0 Å². The van der Waals surface area contributed by atoms with Crippen LogP contribution in [0.15, 0.2) is 91.1 Å². The second-order valence-corrected chi connectivity index (χ2v) is 15.1. The Kier molecular flexibility index (Phi) is 10.9. The highest BCUT2D eigenvalue weighted by molar-refractivity contribution is 6.42. The second-order valence-electron chi connectivity index (χ2n) is 14.3. The summed E-state index contributed by atoms with van der Waals surface area (Å²) in [5.74, 6) is 1.03. The first-order chi connectivity index (χ1) is 23.5. The van der Waals surface area contributed by atoms with Crippen LogP contribution < -0.4 is 5.32 Å². The van der Waals surface area contributed by atoms with Crippen LogP contribution in [0.4, 0.5) is 5.95 Å². The number of anilines is 1. The molecule has 9 heteroatoms. The number of rotatable bonds is 11. The molecule has 1 saturated heterocycles. The summed E-state index contributed by atoms with van der Waals surface area (Å²) < 4.78 is 2.24. The second kappa shape index (κ2) is 15.3. The number of halogens is 2. The van der Waals surface area contributed by atoms with Crippen LogP contribution >= 0.6 is 23.2 Å². The number of nitrogens with zero attached hydrogens (tertiary/aromatic N) is 5. The average molecular weight is 698 g/mol. The van der Waals surface area contributed by atoms with Crippen molar-refractivity contribution in [3.63, 3.8) is 0 Å². The van der Waals surface area contributed by atoms with Gasteiger partial charge in [0.15, 0.2) is 0 Å². The molecule has 2 aromatic heterocycles. The third-order valence-corrected chi connectivity index (χ3v) is 10.4. The zero-order valence-corrected chi connectivity index (χ0v) is 30.4. The van der Waals surface area contributed by atoms with Crippen molar-refractivity contribution in [2.45, 2.75) is 64.0 Å². The molecule has 0 saturated carbocycles. The van der Waals surface area contributed by atoms with E-state index < -0.39 is 0 Å². The molecule has 0 aliphatic carbocycles. The van der Waals surface area contributed by atoms with E-state index in [4.69, 9.17) is 28.2 Å². The molecule has 6 rings (SSSR count). The van der Waals surface area contributed by atoms with Crippen molar-refractivity contribution in [1.82, 2.24) is 24.3 Å². The summed E-state index contributed by atoms with van der Waals surface area (Å²) >= 11 is 12.8. The highest BCUT2D eigenvalue weighted by atomic mass is 35.5. The predicted molar refractivity (Wildman–Crippen MR) is 202 cm³/mol. The summed E-state index contributed by atoms with van der Waals surface area (Å²) in [6.45, 7) is 10.7. The fourth-order valence-corrected chi connectivity index (χ4v) is 7.00. The minimum Gasteiger partial charge on any atom is -0.353 e. The van der Waals surface area contributed by atoms with Gasteiger partial charge in [0.2, 0.25) is 5.95 Å². The number of piperidine rings is 1. The van der Waals surface area contributed by atoms with Crippen LogP contribution in [0.1, 0.15) is 73.1 Å². The number of para-hydroxylation sites is 2. The molecule has 1 unspecified atom stereocenters. The Morgan fingerprint density at radius 2 is 1.69 bits per heavy atom. The van der Waals surface area contributed by atoms with Gasteiger partial charge >= 0.3 is 0 Å². The summed E-state index contributed by atoms with van der Waals surface area (Å²) in [5, 5.41) is 4.85. The number of nitrogens with one attached hydrogen (secondary N) is 1. The van der Waals surface area contributed by atoms with Gasteiger partial charge in [0.1, 0.15) is 0 Å². The maximum Gasteiger partial charge on any atom is 0.253 e. The van der Waals surface area contributed by atoms with Gasteiger partial charge in [-0.3, -0.25) is 9.78 Å². The van der Waals surface area contributed by atoms with Crippen LogP contribution in [-0.2, 0) is 12.0 Å². The van der Waals surface area contributed by atoms with Gasteiger partial charge in [-0.05, 0) is 90.9 Å². The molecule has 1 aliphatic heterocycles. The van der Waals surface area contributed by atoms with E-state index in [9.17, 15) is 4.79 Å². The van der Waals surface area contributed by atoms with Gasteiger partial charge in [-0.25, -0.2) is 4.98 Å². The third kappa shape index (κ3) is 8.64. The molecule has 3 heterocycles. The van der Waals surface area contributed by atoms with Gasteiger partial charge in [0, 0.05) is 50.4 Å². The maximum absolute atomic E-state index is 13.5. The molecule has 7 nitrogen and oxygen atoms in total. The van der Waals surface area contributed by atoms with Gasteiger partial charge in [-0.15, -0.1) is 0 Å². The number of pyridine rings is 1. The van der Waals surface area contributed by atoms with Gasteiger partial charge < -0.3 is 19.7 Å². The quantitative estimate of drug-likeness (QED) is 0.149. The van der Waals surface area contributed by atoms with E-state index in [0.717, 1.165) is 67.1 Å². The van der Waals surface area contributed by atoms with Crippen LogP contribution in [0.2, 0.25) is 10.0 Å². The fourth-order valence-electron chi connectivity index (χ4n) is 6.70. The molecule has 5 aromatic rings. The Bertz CT molecular complexity index is 1860. The first-order valence-corrected chi connectivity index (χ1v) is 18.0. The lowest BCUT2D eigenvalue weighted by Gasteiger charge is -2.34. The number of hydrogen-bond acceptors (Lipinski definition) is 5. The molecule has 1 amide bonds. The van der Waals surface area contributed by atoms with Crippen molar-refractivity contribution in [3.8, 4) is 0 Å². The number of imidazole rings is 1. The van der Waals surface area contributed by atoms with Crippen molar-refractivity contribution in [3.05, 3.63) is 124 Å². The van der Waals surface area contributed by atoms with Crippen molar-refractivity contribution >= 4 is 46.1 Å². The number of fused-ring (bicyclic) bond motifs is 1. The number of aromatic nitrogens is 3. The summed E-state index contributed by atoms with van der Waals surface area (Å²) in [4.78, 5) is 27.4. The van der Waals surface area contributed by atoms with E-state index in [1.165, 1.54) is 5.56 Å². The summed E-state index contributed by atoms with van der Waals surface area (Å²) in [6.07, 6.45) is 4.78. The van der Waals surface area contributed by atoms with Crippen LogP contribution in [0, 0.1) is 0 Å². The molecule has 49 heavy (non-hydrogen) atoms. The minimum atomic E-state index is 0.0199. The summed E-state index contributed by atoms with van der Waals surface area (Å²) in [6, 6.07) is 28.5. The van der Waals surface area contributed by atoms with E-state index in [1.807, 2.05) is 66.7 Å². The molecular weight excluding hydrogens is 651 g/mol. The van der Waals surface area contributed by atoms with Crippen LogP contribution in [0.3, 0.4) is 0 Å². The van der Waals surface area contributed by atoms with Crippen molar-refractivity contribution in [1.29, 1.82) is 0 Å². The number of likely N-dealkylation sites (tertiary alicyclic amines) is 1. The normalized spacial score (nSPS) is 15.0. The van der Waals surface area contributed by atoms with Crippen molar-refractivity contribution in [2.75, 3.05) is 38.5 Å². The first kappa shape index (κ1) is 34.9. The lowest BCUT2D eigenvalue weighted by Crippen LogP contribution is -2.40. The van der Waals surface area contributed by atoms with Crippen LogP contribution in [-0.4, -0.2) is 69.5 Å². The monoisotopic (exact) mass is 696 g/mol. The first-order valence-electron chi connectivity index (χ1n) is 17.2. The molecule has 256 valence electrons. The molecule has 0 spiro atoms. The molecule has 3 aromatic carbocycles. The van der Waals surface area contributed by atoms with Gasteiger partial charge in [0.05, 0.1) is 33.3 Å². The third-order valence-electron chi connectivity index (χ3n) is 9.67. The van der Waals surface area contributed by atoms with Gasteiger partial charge in [0.25, 0.3) is 5.91 Å². The number of likely N-dealkylation sites (N-methyl/N-ethyl adjacent to an activating group) is 1. The summed E-state index contributed by atoms with van der Waals surface area (Å²) in [5.41, 5.74) is 6.14. The minimum absolute atomic E-state index is 0.0199. The largest absolute Gasteiger partial charge is 0.353 e. The zero-order chi connectivity index (χ0) is 34.5. The van der Waals surface area contributed by atoms with E-state index in [1.54, 1.807) is 0 Å². The number of amides is 1. The number of hydrogen-bond donors (Lipinski definition) is 1. The number of carbonyl (C=O) groups excluding carboxylic acids is 1. The van der Waals surface area contributed by atoms with E-state index in [2.05, 4.69) is 76.9 Å². The molecule has 1 fully saturated rings. The van der Waals surface area contributed by atoms with Crippen molar-refractivity contribution in [2.24, 2.45) is 0 Å². The maximum atomic E-state index is 13.5. The zero-order valence-electron chi connectivity index (χ0n) is 28.9. The van der Waals surface area contributed by atoms with Gasteiger partial charge in [-0.2, -0.15) is 0 Å². The van der Waals surface area contributed by atoms with Gasteiger partial charge in [-0.1, -0.05) is 80.4 Å². The number of benzene rings is 3. The smallest absolute Gasteiger partial charge is 0.253 e. The fraction of sp³-hybridized carbons (Fsp3) is 0.375. The number of carbonyl (C=O) groups is 1. The molecule has 0 radical (unpaired) electrons. The Morgan fingerprint density at radius 3 is 2.39 bits per heavy atom. The lowest BCUT2D eigenvalue weighted by atomic mass is 9.86. The van der Waals surface area contributed by atoms with E-state index in [0.29, 0.717) is 34.7 Å². The Balaban J connectivity index is 1.09. The van der Waals surface area contributed by atoms with Crippen LogP contribution in [0.25, 0.3) is 11.0 Å². The Hall–Kier alpha value is -3.91. The van der Waals surface area contributed by atoms with Crippen molar-refractivity contribution < 1.29 is 4.79 Å². The molecule has 1 atom stereocenters. The highest BCUT2D eigenvalue weighted by Crippen LogP contribution is 2.30. The summed E-state index contributed by atoms with van der Waals surface area (Å²) in [7, 11) is 1.89. The Labute approximate surface area is 300 Å². The van der Waals surface area contributed by atoms with Crippen LogP contribution in [0.5, 0.6) is 0 Å². The molecule has 1 aliphatic rings. The highest BCUT2D eigenvalue weighted by Gasteiger charge is 2.25. The molecule has 0 bridgehead atoms. The Morgan fingerprint density at radius 1 is 0.959 bits per heavy atom. The standard InChI is InChI=1S/C40H46Cl2N6O/c1-40(2,3)31-15-12-28(13-16-31)38(49)46(4)26-30(29-14-17-34(41)35(42)25-29)18-22-47-23-19-32(20-24-47)44-39-45-36-10-5-6-11-37(36)48(39)27-33-9-7-8-21-43-33/h5-17,21,25,30,32H,18-20,22-24,26-27H2,1-4H3,(H,44,45). The predicted octanol–water partition coefficient (Wildman–Crippen LogP) is 8.91. The average Bonchev–Trinajstić information content (AvgIpc) is 3.44. The molecule has 1 N–H and O–H groups in total. The topological polar surface area (TPSA) is 66.3 Å². The lowest BCUT2D eigenvalue weighted by molar-refractivity contribution is 0.0781.